The van der Waals surface area contributed by atoms with Crippen LogP contribution in [-0.2, 0) is 30.2 Å². The normalized spacial score (nSPS) is 42.2. The monoisotopic (exact) mass is 653 g/mol. The van der Waals surface area contributed by atoms with Crippen molar-refractivity contribution in [2.75, 3.05) is 19.8 Å². The van der Waals surface area contributed by atoms with Crippen LogP contribution in [0.15, 0.2) is 36.6 Å². The molecule has 5 aliphatic heterocycles. The fraction of sp³-hybridized carbons (Fsp3) is 0.633. The third-order valence-electron chi connectivity index (χ3n) is 9.55. The number of ether oxygens (including phenoxy) is 5. The van der Waals surface area contributed by atoms with E-state index in [2.05, 4.69) is 6.58 Å². The first-order chi connectivity index (χ1) is 22.0. The number of rotatable bonds is 7. The highest BCUT2D eigenvalue weighted by Gasteiger charge is 2.51. The number of phenolic OH excluding ortho intramolecular Hbond substituents is 1. The van der Waals surface area contributed by atoms with E-state index in [-0.39, 0.29) is 17.4 Å². The second-order valence-electron chi connectivity index (χ2n) is 12.2. The van der Waals surface area contributed by atoms with Crippen molar-refractivity contribution in [1.82, 2.24) is 4.90 Å². The molecule has 16 nitrogen and oxygen atoms in total. The molecule has 46 heavy (non-hydrogen) atoms. The van der Waals surface area contributed by atoms with E-state index in [1.807, 2.05) is 0 Å². The van der Waals surface area contributed by atoms with Gasteiger partial charge in [0.05, 0.1) is 31.1 Å². The molecular weight excluding hydrogens is 614 g/mol. The Labute approximate surface area is 262 Å². The maximum absolute atomic E-state index is 13.8. The molecule has 0 aliphatic carbocycles. The summed E-state index contributed by atoms with van der Waals surface area (Å²) in [5, 5.41) is 91.4. The van der Waals surface area contributed by atoms with Crippen molar-refractivity contribution < 1.29 is 74.4 Å². The average Bonchev–Trinajstić information content (AvgIpc) is 3.05. The highest BCUT2D eigenvalue weighted by Crippen LogP contribution is 2.49. The van der Waals surface area contributed by atoms with Crippen LogP contribution in [-0.4, -0.2) is 144 Å². The molecule has 0 radical (unpaired) electrons. The zero-order chi connectivity index (χ0) is 33.0. The molecule has 16 heteroatoms. The predicted octanol–water partition coefficient (Wildman–Crippen LogP) is -3.12. The molecule has 254 valence electrons. The first kappa shape index (κ1) is 33.0. The smallest absolute Gasteiger partial charge is 0.253 e. The van der Waals surface area contributed by atoms with Crippen molar-refractivity contribution in [3.05, 3.63) is 47.7 Å². The minimum absolute atomic E-state index is 0.116. The van der Waals surface area contributed by atoms with E-state index in [0.717, 1.165) is 5.56 Å². The van der Waals surface area contributed by atoms with E-state index in [1.165, 1.54) is 18.4 Å². The fourth-order valence-corrected chi connectivity index (χ4v) is 6.93. The lowest BCUT2D eigenvalue weighted by Gasteiger charge is -2.48. The summed E-state index contributed by atoms with van der Waals surface area (Å²) in [5.74, 6) is -1.84. The van der Waals surface area contributed by atoms with Gasteiger partial charge in [0, 0.05) is 18.4 Å². The highest BCUT2D eigenvalue weighted by molar-refractivity contribution is 5.95. The molecule has 1 aromatic rings. The van der Waals surface area contributed by atoms with Crippen LogP contribution in [0.4, 0.5) is 0 Å². The maximum atomic E-state index is 13.8. The molecule has 14 atom stereocenters. The van der Waals surface area contributed by atoms with E-state index in [0.29, 0.717) is 30.5 Å². The number of nitrogens with zero attached hydrogens (tertiary/aromatic N) is 1. The van der Waals surface area contributed by atoms with Gasteiger partial charge < -0.3 is 74.5 Å². The van der Waals surface area contributed by atoms with Crippen molar-refractivity contribution in [3.8, 4) is 11.5 Å². The second kappa shape index (κ2) is 13.0. The lowest BCUT2D eigenvalue weighted by Crippen LogP contribution is -2.60. The molecule has 5 heterocycles. The maximum Gasteiger partial charge on any atom is 0.253 e. The number of aromatic hydroxyl groups is 1. The lowest BCUT2D eigenvalue weighted by atomic mass is 9.73. The van der Waals surface area contributed by atoms with E-state index < -0.39 is 98.8 Å². The van der Waals surface area contributed by atoms with Gasteiger partial charge in [0.1, 0.15) is 48.8 Å². The van der Waals surface area contributed by atoms with Crippen LogP contribution in [0.5, 0.6) is 11.5 Å². The van der Waals surface area contributed by atoms with Crippen LogP contribution in [0, 0.1) is 11.8 Å². The van der Waals surface area contributed by atoms with Crippen LogP contribution < -0.4 is 4.74 Å². The van der Waals surface area contributed by atoms with Gasteiger partial charge in [0.25, 0.3) is 5.91 Å². The molecular formula is C30H39NO15. The molecule has 0 bridgehead atoms. The summed E-state index contributed by atoms with van der Waals surface area (Å²) < 4.78 is 28.3. The average molecular weight is 654 g/mol. The van der Waals surface area contributed by atoms with Gasteiger partial charge in [0.2, 0.25) is 12.6 Å². The fourth-order valence-electron chi connectivity index (χ4n) is 6.93. The van der Waals surface area contributed by atoms with Gasteiger partial charge in [-0.15, -0.1) is 6.58 Å². The number of hydrogen-bond acceptors (Lipinski definition) is 15. The number of hydrogen-bond donors (Lipinski definition) is 9. The quantitative estimate of drug-likeness (QED) is 0.132. The number of phenols is 1. The number of aliphatic hydroxyl groups is 8. The Morgan fingerprint density at radius 3 is 2.15 bits per heavy atom. The summed E-state index contributed by atoms with van der Waals surface area (Å²) in [4.78, 5) is 15.4. The van der Waals surface area contributed by atoms with Crippen molar-refractivity contribution >= 4 is 5.91 Å². The third-order valence-corrected chi connectivity index (χ3v) is 9.55. The zero-order valence-corrected chi connectivity index (χ0v) is 24.6. The molecule has 0 spiro atoms. The Kier molecular flexibility index (Phi) is 9.32. The molecule has 0 saturated carbocycles. The van der Waals surface area contributed by atoms with Crippen molar-refractivity contribution in [1.29, 1.82) is 0 Å². The van der Waals surface area contributed by atoms with Crippen LogP contribution in [0.1, 0.15) is 23.6 Å². The van der Waals surface area contributed by atoms with E-state index in [9.17, 15) is 50.8 Å². The SMILES string of the molecule is C=CC1C(OC2OC(CO)C(O)C(O)C2O)OC=C2C(=O)N3CCc4cc(O)c(OC5OC(CO)C(O)C(O)C5O)cc4C3CC21. The van der Waals surface area contributed by atoms with Crippen LogP contribution in [0.25, 0.3) is 0 Å². The van der Waals surface area contributed by atoms with Gasteiger partial charge >= 0.3 is 0 Å². The number of carbonyl (C=O) groups is 1. The third kappa shape index (κ3) is 5.56. The number of piperidine rings is 1. The van der Waals surface area contributed by atoms with E-state index in [1.54, 1.807) is 11.0 Å². The molecule has 6 rings (SSSR count). The topological polar surface area (TPSA) is 249 Å². The predicted molar refractivity (Wildman–Crippen MR) is 150 cm³/mol. The highest BCUT2D eigenvalue weighted by atomic mass is 16.8. The van der Waals surface area contributed by atoms with Crippen molar-refractivity contribution in [2.45, 2.75) is 86.6 Å². The molecule has 0 aromatic heterocycles. The minimum atomic E-state index is -1.70. The number of amides is 1. The molecule has 3 saturated heterocycles. The van der Waals surface area contributed by atoms with Crippen LogP contribution in [0.3, 0.4) is 0 Å². The van der Waals surface area contributed by atoms with Gasteiger partial charge in [-0.1, -0.05) is 6.08 Å². The minimum Gasteiger partial charge on any atom is -0.504 e. The summed E-state index contributed by atoms with van der Waals surface area (Å²) in [5.41, 5.74) is 1.77. The Morgan fingerprint density at radius 1 is 0.891 bits per heavy atom. The molecule has 1 aromatic carbocycles. The summed E-state index contributed by atoms with van der Waals surface area (Å²) in [6, 6.07) is 2.50. The molecule has 9 N–H and O–H groups in total. The van der Waals surface area contributed by atoms with Crippen LogP contribution in [0.2, 0.25) is 0 Å². The molecule has 14 unspecified atom stereocenters. The number of aliphatic hydroxyl groups excluding tert-OH is 8. The Bertz CT molecular complexity index is 1340. The number of benzene rings is 1. The summed E-state index contributed by atoms with van der Waals surface area (Å²) in [6.07, 6.45) is -12.8. The first-order valence-corrected chi connectivity index (χ1v) is 15.1. The second-order valence-corrected chi connectivity index (χ2v) is 12.2. The standard InChI is InChI=1S/C30H39NO15/c1-2-12-14-6-16-13-7-18(43-29-25(39)23(37)21(35)19(8-32)44-29)17(34)5-11(13)3-4-31(16)27(41)15(14)10-42-28(12)46-30-26(40)24(38)22(36)20(9-33)45-30/h2,5,7,10,12,14,16,19-26,28-30,32-40H,1,3-4,6,8-9H2. The summed E-state index contributed by atoms with van der Waals surface area (Å²) >= 11 is 0. The molecule has 1 amide bonds. The van der Waals surface area contributed by atoms with Crippen molar-refractivity contribution in [3.63, 3.8) is 0 Å². The Morgan fingerprint density at radius 2 is 1.52 bits per heavy atom. The lowest BCUT2D eigenvalue weighted by molar-refractivity contribution is -0.339. The van der Waals surface area contributed by atoms with Gasteiger partial charge in [-0.25, -0.2) is 0 Å². The largest absolute Gasteiger partial charge is 0.504 e. The first-order valence-electron chi connectivity index (χ1n) is 15.1. The molecule has 5 aliphatic rings. The number of fused-ring (bicyclic) bond motifs is 4. The molecule has 3 fully saturated rings. The summed E-state index contributed by atoms with van der Waals surface area (Å²) in [6.45, 7) is 2.94. The van der Waals surface area contributed by atoms with E-state index in [4.69, 9.17) is 23.7 Å². The van der Waals surface area contributed by atoms with Gasteiger partial charge in [-0.05, 0) is 36.1 Å². The Balaban J connectivity index is 1.25. The van der Waals surface area contributed by atoms with Crippen LogP contribution >= 0.6 is 0 Å². The van der Waals surface area contributed by atoms with Gasteiger partial charge in [-0.2, -0.15) is 0 Å². The zero-order valence-electron chi connectivity index (χ0n) is 24.6. The van der Waals surface area contributed by atoms with E-state index >= 15 is 0 Å². The van der Waals surface area contributed by atoms with Gasteiger partial charge in [0.15, 0.2) is 17.8 Å². The Hall–Kier alpha value is -2.87. The number of carbonyl (C=O) groups excluding carboxylic acids is 1. The van der Waals surface area contributed by atoms with Crippen molar-refractivity contribution in [2.24, 2.45) is 11.8 Å². The summed E-state index contributed by atoms with van der Waals surface area (Å²) in [7, 11) is 0. The van der Waals surface area contributed by atoms with Gasteiger partial charge in [-0.3, -0.25) is 4.79 Å².